The Morgan fingerprint density at radius 3 is 2.90 bits per heavy atom. The number of likely N-dealkylation sites (N-methyl/N-ethyl adjacent to an activating group) is 1. The molecule has 0 bridgehead atoms. The van der Waals surface area contributed by atoms with Gasteiger partial charge < -0.3 is 15.4 Å². The first-order chi connectivity index (χ1) is 10.1. The Labute approximate surface area is 122 Å². The number of morpholine rings is 1. The minimum absolute atomic E-state index is 0.0885. The van der Waals surface area contributed by atoms with Crippen molar-refractivity contribution < 1.29 is 18.7 Å². The molecule has 6 nitrogen and oxygen atoms in total. The molecule has 1 atom stereocenters. The largest absolute Gasteiger partial charge is 0.366 e. The maximum atomic E-state index is 13.4. The van der Waals surface area contributed by atoms with Crippen molar-refractivity contribution in [1.29, 1.82) is 0 Å². The standard InChI is InChI=1S/C14H18FN3O3/c1-16-14(20)12-8-18(6-7-21-12)9-13(19)17-11-5-3-2-4-10(11)15/h2-5,12H,6-9H2,1H3,(H,16,20)(H,17,19). The molecular weight excluding hydrogens is 277 g/mol. The number of anilines is 1. The van der Waals surface area contributed by atoms with Crippen LogP contribution in [0.3, 0.4) is 0 Å². The Hall–Kier alpha value is -1.99. The summed E-state index contributed by atoms with van der Waals surface area (Å²) in [4.78, 5) is 25.2. The lowest BCUT2D eigenvalue weighted by Crippen LogP contribution is -2.50. The molecule has 0 saturated carbocycles. The van der Waals surface area contributed by atoms with Crippen LogP contribution >= 0.6 is 0 Å². The van der Waals surface area contributed by atoms with Crippen molar-refractivity contribution in [3.8, 4) is 0 Å². The number of halogens is 1. The summed E-state index contributed by atoms with van der Waals surface area (Å²) in [5.74, 6) is -1.01. The molecule has 0 radical (unpaired) electrons. The average molecular weight is 295 g/mol. The second-order valence-corrected chi connectivity index (χ2v) is 4.74. The van der Waals surface area contributed by atoms with E-state index in [1.807, 2.05) is 0 Å². The predicted molar refractivity (Wildman–Crippen MR) is 75.3 cm³/mol. The van der Waals surface area contributed by atoms with Crippen LogP contribution in [0, 0.1) is 5.82 Å². The number of carbonyl (C=O) groups is 2. The number of hydrogen-bond donors (Lipinski definition) is 2. The minimum atomic E-state index is -0.579. The lowest BCUT2D eigenvalue weighted by molar-refractivity contribution is -0.139. The second kappa shape index (κ2) is 7.14. The van der Waals surface area contributed by atoms with Gasteiger partial charge in [-0.25, -0.2) is 4.39 Å². The molecular formula is C14H18FN3O3. The molecule has 0 aliphatic carbocycles. The molecule has 2 N–H and O–H groups in total. The molecule has 21 heavy (non-hydrogen) atoms. The fourth-order valence-corrected chi connectivity index (χ4v) is 2.12. The molecule has 1 unspecified atom stereocenters. The van der Waals surface area contributed by atoms with Crippen molar-refractivity contribution in [2.24, 2.45) is 0 Å². The molecule has 1 fully saturated rings. The van der Waals surface area contributed by atoms with Crippen molar-refractivity contribution in [3.05, 3.63) is 30.1 Å². The summed E-state index contributed by atoms with van der Waals surface area (Å²) < 4.78 is 18.8. The fraction of sp³-hybridized carbons (Fsp3) is 0.429. The summed E-state index contributed by atoms with van der Waals surface area (Å²) in [5, 5.41) is 5.03. The van der Waals surface area contributed by atoms with Gasteiger partial charge in [0.1, 0.15) is 11.9 Å². The molecule has 1 saturated heterocycles. The van der Waals surface area contributed by atoms with Crippen molar-refractivity contribution in [2.45, 2.75) is 6.10 Å². The van der Waals surface area contributed by atoms with Crippen LogP contribution < -0.4 is 10.6 Å². The van der Waals surface area contributed by atoms with Crippen LogP contribution in [0.15, 0.2) is 24.3 Å². The van der Waals surface area contributed by atoms with E-state index in [-0.39, 0.29) is 24.0 Å². The molecule has 1 aromatic carbocycles. The van der Waals surface area contributed by atoms with Crippen LogP contribution in [0.4, 0.5) is 10.1 Å². The molecule has 2 rings (SSSR count). The molecule has 2 amide bonds. The zero-order valence-corrected chi connectivity index (χ0v) is 11.8. The number of rotatable bonds is 4. The van der Waals surface area contributed by atoms with E-state index in [0.717, 1.165) is 0 Å². The van der Waals surface area contributed by atoms with Gasteiger partial charge in [-0.3, -0.25) is 14.5 Å². The molecule has 114 valence electrons. The van der Waals surface area contributed by atoms with Crippen molar-refractivity contribution in [1.82, 2.24) is 10.2 Å². The SMILES string of the molecule is CNC(=O)C1CN(CC(=O)Nc2ccccc2F)CCO1. The molecule has 7 heteroatoms. The first-order valence-corrected chi connectivity index (χ1v) is 6.70. The highest BCUT2D eigenvalue weighted by molar-refractivity contribution is 5.92. The highest BCUT2D eigenvalue weighted by atomic mass is 19.1. The van der Waals surface area contributed by atoms with Gasteiger partial charge in [-0.15, -0.1) is 0 Å². The van der Waals surface area contributed by atoms with E-state index in [2.05, 4.69) is 10.6 Å². The van der Waals surface area contributed by atoms with Crippen molar-refractivity contribution >= 4 is 17.5 Å². The van der Waals surface area contributed by atoms with Gasteiger partial charge in [0, 0.05) is 20.1 Å². The molecule has 1 aliphatic heterocycles. The van der Waals surface area contributed by atoms with Gasteiger partial charge >= 0.3 is 0 Å². The Morgan fingerprint density at radius 1 is 1.43 bits per heavy atom. The number of para-hydroxylation sites is 1. The summed E-state index contributed by atoms with van der Waals surface area (Å²) in [5.41, 5.74) is 0.151. The van der Waals surface area contributed by atoms with E-state index in [1.165, 1.54) is 19.2 Å². The molecule has 1 heterocycles. The monoisotopic (exact) mass is 295 g/mol. The zero-order valence-electron chi connectivity index (χ0n) is 11.8. The van der Waals surface area contributed by atoms with E-state index < -0.39 is 11.9 Å². The van der Waals surface area contributed by atoms with Crippen LogP contribution in [-0.2, 0) is 14.3 Å². The van der Waals surface area contributed by atoms with E-state index in [4.69, 9.17) is 4.74 Å². The normalized spacial score (nSPS) is 19.0. The maximum Gasteiger partial charge on any atom is 0.250 e. The van der Waals surface area contributed by atoms with Gasteiger partial charge in [0.15, 0.2) is 0 Å². The lowest BCUT2D eigenvalue weighted by Gasteiger charge is -2.31. The number of amides is 2. The maximum absolute atomic E-state index is 13.4. The number of benzene rings is 1. The smallest absolute Gasteiger partial charge is 0.250 e. The van der Waals surface area contributed by atoms with Crippen molar-refractivity contribution in [2.75, 3.05) is 38.6 Å². The first-order valence-electron chi connectivity index (χ1n) is 6.70. The highest BCUT2D eigenvalue weighted by Gasteiger charge is 2.26. The summed E-state index contributed by atoms with van der Waals surface area (Å²) in [6.07, 6.45) is -0.579. The van der Waals surface area contributed by atoms with Crippen LogP contribution in [-0.4, -0.2) is 56.1 Å². The second-order valence-electron chi connectivity index (χ2n) is 4.74. The number of carbonyl (C=O) groups excluding carboxylic acids is 2. The quantitative estimate of drug-likeness (QED) is 0.833. The Kier molecular flexibility index (Phi) is 5.24. The zero-order chi connectivity index (χ0) is 15.2. The Bertz CT molecular complexity index is 524. The van der Waals surface area contributed by atoms with Crippen LogP contribution in [0.1, 0.15) is 0 Å². The van der Waals surface area contributed by atoms with E-state index in [1.54, 1.807) is 17.0 Å². The van der Waals surface area contributed by atoms with Crippen LogP contribution in [0.25, 0.3) is 0 Å². The number of nitrogens with one attached hydrogen (secondary N) is 2. The first kappa shape index (κ1) is 15.4. The van der Waals surface area contributed by atoms with Crippen molar-refractivity contribution in [3.63, 3.8) is 0 Å². The third kappa shape index (κ3) is 4.24. The molecule has 0 aromatic heterocycles. The Balaban J connectivity index is 1.88. The third-order valence-corrected chi connectivity index (χ3v) is 3.20. The van der Waals surface area contributed by atoms with Gasteiger partial charge in [0.2, 0.25) is 11.8 Å². The van der Waals surface area contributed by atoms with E-state index in [9.17, 15) is 14.0 Å². The van der Waals surface area contributed by atoms with Crippen LogP contribution in [0.5, 0.6) is 0 Å². The molecule has 1 aliphatic rings. The number of ether oxygens (including phenoxy) is 1. The average Bonchev–Trinajstić information content (AvgIpc) is 2.49. The van der Waals surface area contributed by atoms with Gasteiger partial charge in [-0.2, -0.15) is 0 Å². The summed E-state index contributed by atoms with van der Waals surface area (Å²) in [7, 11) is 1.54. The number of hydrogen-bond acceptors (Lipinski definition) is 4. The van der Waals surface area contributed by atoms with Gasteiger partial charge in [-0.1, -0.05) is 12.1 Å². The van der Waals surface area contributed by atoms with Crippen LogP contribution in [0.2, 0.25) is 0 Å². The minimum Gasteiger partial charge on any atom is -0.366 e. The summed E-state index contributed by atoms with van der Waals surface area (Å²) in [6, 6.07) is 5.99. The fourth-order valence-electron chi connectivity index (χ4n) is 2.12. The lowest BCUT2D eigenvalue weighted by atomic mass is 10.2. The summed E-state index contributed by atoms with van der Waals surface area (Å²) in [6.45, 7) is 1.36. The van der Waals surface area contributed by atoms with Gasteiger partial charge in [-0.05, 0) is 12.1 Å². The summed E-state index contributed by atoms with van der Waals surface area (Å²) >= 11 is 0. The topological polar surface area (TPSA) is 70.7 Å². The molecule has 1 aromatic rings. The van der Waals surface area contributed by atoms with E-state index in [0.29, 0.717) is 19.7 Å². The van der Waals surface area contributed by atoms with Gasteiger partial charge in [0.25, 0.3) is 0 Å². The third-order valence-electron chi connectivity index (χ3n) is 3.20. The highest BCUT2D eigenvalue weighted by Crippen LogP contribution is 2.12. The predicted octanol–water partition coefficient (Wildman–Crippen LogP) is 0.211. The number of nitrogens with zero attached hydrogens (tertiary/aromatic N) is 1. The Morgan fingerprint density at radius 2 is 2.19 bits per heavy atom. The van der Waals surface area contributed by atoms with Gasteiger partial charge in [0.05, 0.1) is 18.8 Å². The molecule has 0 spiro atoms. The van der Waals surface area contributed by atoms with E-state index >= 15 is 0 Å².